The third-order valence-electron chi connectivity index (χ3n) is 9.98. The van der Waals surface area contributed by atoms with Gasteiger partial charge in [-0.3, -0.25) is 0 Å². The van der Waals surface area contributed by atoms with E-state index in [0.29, 0.717) is 0 Å². The predicted molar refractivity (Wildman–Crippen MR) is 198 cm³/mol. The van der Waals surface area contributed by atoms with Gasteiger partial charge in [0.25, 0.3) is 0 Å². The molecule has 222 valence electrons. The molecule has 0 atom stereocenters. The van der Waals surface area contributed by atoms with E-state index in [1.165, 1.54) is 53.1 Å². The van der Waals surface area contributed by atoms with Crippen molar-refractivity contribution in [3.8, 4) is 39.5 Å². The third-order valence-corrected chi connectivity index (χ3v) is 11.1. The molecule has 6 aromatic carbocycles. The molecule has 3 nitrogen and oxygen atoms in total. The molecule has 47 heavy (non-hydrogen) atoms. The molecule has 0 aliphatic heterocycles. The van der Waals surface area contributed by atoms with Gasteiger partial charge in [-0.25, -0.2) is 9.97 Å². The van der Waals surface area contributed by atoms with Gasteiger partial charge in [0.1, 0.15) is 0 Å². The lowest BCUT2D eigenvalue weighted by molar-refractivity contribution is 0.636. The van der Waals surface area contributed by atoms with Crippen molar-refractivity contribution in [2.75, 3.05) is 0 Å². The van der Waals surface area contributed by atoms with Crippen LogP contribution in [0.3, 0.4) is 0 Å². The highest BCUT2D eigenvalue weighted by Gasteiger charge is 2.39. The van der Waals surface area contributed by atoms with Gasteiger partial charge in [-0.15, -0.1) is 11.3 Å². The molecular formula is C43H29N3S. The Bertz CT molecular complexity index is 2700. The van der Waals surface area contributed by atoms with Crippen molar-refractivity contribution in [3.05, 3.63) is 151 Å². The summed E-state index contributed by atoms with van der Waals surface area (Å²) in [7, 11) is 0. The van der Waals surface area contributed by atoms with Crippen molar-refractivity contribution in [2.45, 2.75) is 19.3 Å². The van der Waals surface area contributed by atoms with Crippen molar-refractivity contribution in [1.82, 2.24) is 14.5 Å². The van der Waals surface area contributed by atoms with Gasteiger partial charge in [0.15, 0.2) is 5.82 Å². The molecule has 0 fully saturated rings. The average molecular weight is 620 g/mol. The third kappa shape index (κ3) is 3.73. The Labute approximate surface area is 276 Å². The smallest absolute Gasteiger partial charge is 0.160 e. The van der Waals surface area contributed by atoms with Gasteiger partial charge >= 0.3 is 0 Å². The van der Waals surface area contributed by atoms with E-state index in [4.69, 9.17) is 9.97 Å². The highest BCUT2D eigenvalue weighted by atomic mass is 32.1. The van der Waals surface area contributed by atoms with Crippen LogP contribution in [0.5, 0.6) is 0 Å². The van der Waals surface area contributed by atoms with Gasteiger partial charge in [0.2, 0.25) is 0 Å². The van der Waals surface area contributed by atoms with Crippen LogP contribution in [0, 0.1) is 0 Å². The number of nitrogens with zero attached hydrogens (tertiary/aromatic N) is 3. The van der Waals surface area contributed by atoms with Gasteiger partial charge in [-0.1, -0.05) is 111 Å². The molecule has 0 saturated heterocycles. The van der Waals surface area contributed by atoms with Crippen molar-refractivity contribution in [2.24, 2.45) is 0 Å². The van der Waals surface area contributed by atoms with Crippen LogP contribution in [0.25, 0.3) is 81.4 Å². The number of hydrogen-bond acceptors (Lipinski definition) is 3. The average Bonchev–Trinajstić information content (AvgIpc) is 3.74. The SMILES string of the molecule is CC1(C)c2ccccc2-c2c(-c3ccccc3)nc(-c3ccc(-n4c5ccccc5c5ccc6sc7ccccc7c6c54)cc3)nc21. The van der Waals surface area contributed by atoms with Crippen LogP contribution in [0.4, 0.5) is 0 Å². The molecule has 3 heterocycles. The van der Waals surface area contributed by atoms with Crippen LogP contribution in [0.2, 0.25) is 0 Å². The minimum absolute atomic E-state index is 0.231. The molecule has 0 unspecified atom stereocenters. The zero-order valence-electron chi connectivity index (χ0n) is 26.0. The molecule has 0 saturated carbocycles. The maximum Gasteiger partial charge on any atom is 0.160 e. The van der Waals surface area contributed by atoms with E-state index in [1.807, 2.05) is 11.3 Å². The lowest BCUT2D eigenvalue weighted by Crippen LogP contribution is -2.17. The molecule has 3 aromatic heterocycles. The number of rotatable bonds is 3. The number of benzene rings is 6. The van der Waals surface area contributed by atoms with Crippen molar-refractivity contribution in [3.63, 3.8) is 0 Å². The van der Waals surface area contributed by atoms with Crippen LogP contribution in [0.15, 0.2) is 140 Å². The Kier molecular flexibility index (Phi) is 5.50. The minimum atomic E-state index is -0.231. The highest BCUT2D eigenvalue weighted by Crippen LogP contribution is 2.51. The van der Waals surface area contributed by atoms with E-state index in [9.17, 15) is 0 Å². The molecule has 0 amide bonds. The van der Waals surface area contributed by atoms with E-state index in [1.54, 1.807) is 0 Å². The van der Waals surface area contributed by atoms with Crippen LogP contribution < -0.4 is 0 Å². The Morgan fingerprint density at radius 1 is 0.574 bits per heavy atom. The number of hydrogen-bond donors (Lipinski definition) is 0. The lowest BCUT2D eigenvalue weighted by atomic mass is 9.85. The number of para-hydroxylation sites is 1. The maximum absolute atomic E-state index is 5.32. The van der Waals surface area contributed by atoms with Gasteiger partial charge in [-0.05, 0) is 53.6 Å². The van der Waals surface area contributed by atoms with E-state index in [2.05, 4.69) is 158 Å². The van der Waals surface area contributed by atoms with Crippen LogP contribution in [0.1, 0.15) is 25.1 Å². The number of aromatic nitrogens is 3. The molecule has 9 aromatic rings. The Balaban J connectivity index is 1.19. The van der Waals surface area contributed by atoms with Crippen LogP contribution >= 0.6 is 11.3 Å². The van der Waals surface area contributed by atoms with E-state index in [0.717, 1.165) is 39.6 Å². The number of thiophene rings is 1. The zero-order valence-corrected chi connectivity index (χ0v) is 26.8. The van der Waals surface area contributed by atoms with Crippen LogP contribution in [-0.2, 0) is 5.41 Å². The second-order valence-corrected chi connectivity index (χ2v) is 14.1. The summed E-state index contributed by atoms with van der Waals surface area (Å²) in [6.07, 6.45) is 0. The monoisotopic (exact) mass is 619 g/mol. The second kappa shape index (κ2) is 9.71. The fourth-order valence-corrected chi connectivity index (χ4v) is 8.88. The second-order valence-electron chi connectivity index (χ2n) is 13.0. The largest absolute Gasteiger partial charge is 0.309 e. The molecule has 0 spiro atoms. The summed E-state index contributed by atoms with van der Waals surface area (Å²) in [5.41, 5.74) is 11.2. The van der Waals surface area contributed by atoms with Gasteiger partial charge < -0.3 is 4.57 Å². The lowest BCUT2D eigenvalue weighted by Gasteiger charge is -2.21. The summed E-state index contributed by atoms with van der Waals surface area (Å²) < 4.78 is 5.06. The van der Waals surface area contributed by atoms with Crippen LogP contribution in [-0.4, -0.2) is 14.5 Å². The first kappa shape index (κ1) is 26.6. The van der Waals surface area contributed by atoms with Crippen molar-refractivity contribution < 1.29 is 0 Å². The van der Waals surface area contributed by atoms with E-state index >= 15 is 0 Å². The predicted octanol–water partition coefficient (Wildman–Crippen LogP) is 11.6. The fourth-order valence-electron chi connectivity index (χ4n) is 7.77. The minimum Gasteiger partial charge on any atom is -0.309 e. The van der Waals surface area contributed by atoms with E-state index in [-0.39, 0.29) is 5.41 Å². The first-order valence-electron chi connectivity index (χ1n) is 16.1. The molecule has 0 radical (unpaired) electrons. The summed E-state index contributed by atoms with van der Waals surface area (Å²) in [6, 6.07) is 50.2. The highest BCUT2D eigenvalue weighted by molar-refractivity contribution is 7.26. The molecule has 4 heteroatoms. The topological polar surface area (TPSA) is 30.7 Å². The Hall–Kier alpha value is -5.58. The number of fused-ring (bicyclic) bond motifs is 10. The summed E-state index contributed by atoms with van der Waals surface area (Å²) in [5.74, 6) is 0.753. The standard InChI is InChI=1S/C43H29N3S/c1-43(2)33-17-9-6-15-31(33)38-39(26-12-4-3-5-13-26)44-42(45-41(38)43)27-20-22-28(23-21-27)46-34-18-10-7-14-29(34)30-24-25-36-37(40(30)46)32-16-8-11-19-35(32)47-36/h3-25H,1-2H3. The molecular weight excluding hydrogens is 591 g/mol. The molecule has 1 aliphatic carbocycles. The normalized spacial score (nSPS) is 13.5. The molecule has 0 N–H and O–H groups in total. The Morgan fingerprint density at radius 2 is 1.30 bits per heavy atom. The first-order chi connectivity index (χ1) is 23.1. The van der Waals surface area contributed by atoms with E-state index < -0.39 is 0 Å². The molecule has 0 bridgehead atoms. The summed E-state index contributed by atoms with van der Waals surface area (Å²) in [6.45, 7) is 4.56. The quantitative estimate of drug-likeness (QED) is 0.197. The van der Waals surface area contributed by atoms with Gasteiger partial charge in [-0.2, -0.15) is 0 Å². The van der Waals surface area contributed by atoms with Gasteiger partial charge in [0.05, 0.1) is 22.4 Å². The fraction of sp³-hybridized carbons (Fsp3) is 0.0698. The van der Waals surface area contributed by atoms with Crippen molar-refractivity contribution in [1.29, 1.82) is 0 Å². The summed E-state index contributed by atoms with van der Waals surface area (Å²) >= 11 is 1.86. The molecule has 10 rings (SSSR count). The maximum atomic E-state index is 5.32. The summed E-state index contributed by atoms with van der Waals surface area (Å²) in [5, 5.41) is 5.17. The zero-order chi connectivity index (χ0) is 31.3. The summed E-state index contributed by atoms with van der Waals surface area (Å²) in [4.78, 5) is 10.6. The van der Waals surface area contributed by atoms with Gasteiger partial charge in [0, 0.05) is 58.7 Å². The van der Waals surface area contributed by atoms with Crippen molar-refractivity contribution >= 4 is 53.3 Å². The molecule has 1 aliphatic rings. The first-order valence-corrected chi connectivity index (χ1v) is 16.9. The Morgan fingerprint density at radius 3 is 2.15 bits per heavy atom.